The highest BCUT2D eigenvalue weighted by Gasteiger charge is 2.12. The van der Waals surface area contributed by atoms with Gasteiger partial charge in [0.2, 0.25) is 0 Å². The maximum atomic E-state index is 10.9. The average molecular weight is 227 g/mol. The van der Waals surface area contributed by atoms with Crippen LogP contribution in [0.3, 0.4) is 0 Å². The Labute approximate surface area is 92.2 Å². The molecule has 0 aromatic carbocycles. The van der Waals surface area contributed by atoms with E-state index in [2.05, 4.69) is 6.92 Å². The molecule has 1 aromatic heterocycles. The lowest BCUT2D eigenvalue weighted by molar-refractivity contribution is -0.698. The van der Waals surface area contributed by atoms with E-state index in [9.17, 15) is 4.79 Å². The Morgan fingerprint density at radius 2 is 2.06 bits per heavy atom. The van der Waals surface area contributed by atoms with Gasteiger partial charge < -0.3 is 21.1 Å². The Morgan fingerprint density at radius 1 is 1.50 bits per heavy atom. The van der Waals surface area contributed by atoms with Crippen LogP contribution in [-0.2, 0) is 6.54 Å². The number of nitrogens with two attached hydrogens (primary N) is 1. The summed E-state index contributed by atoms with van der Waals surface area (Å²) < 4.78 is 1.86. The maximum absolute atomic E-state index is 10.9. The van der Waals surface area contributed by atoms with E-state index < -0.39 is 5.09 Å². The molecule has 0 aliphatic carbocycles. The summed E-state index contributed by atoms with van der Waals surface area (Å²) in [5.41, 5.74) is 5.75. The fourth-order valence-corrected chi connectivity index (χ4v) is 1.14. The Balaban J connectivity index is 0.000000487. The van der Waals surface area contributed by atoms with Gasteiger partial charge in [0, 0.05) is 18.6 Å². The highest BCUT2D eigenvalue weighted by molar-refractivity contribution is 5.89. The molecule has 2 N–H and O–H groups in total. The number of hydrogen-bond acceptors (Lipinski definition) is 4. The number of nitrogens with zero attached hydrogens (tertiary/aromatic N) is 2. The van der Waals surface area contributed by atoms with Crippen LogP contribution in [0.1, 0.15) is 23.8 Å². The van der Waals surface area contributed by atoms with Crippen LogP contribution < -0.4 is 10.3 Å². The number of hydrogen-bond donors (Lipinski definition) is 1. The molecule has 0 radical (unpaired) electrons. The van der Waals surface area contributed by atoms with E-state index in [4.69, 9.17) is 21.1 Å². The van der Waals surface area contributed by atoms with Crippen molar-refractivity contribution in [3.63, 3.8) is 0 Å². The fourth-order valence-electron chi connectivity index (χ4n) is 1.14. The number of primary amides is 1. The number of aromatic nitrogens is 1. The first kappa shape index (κ1) is 13.8. The second-order valence-corrected chi connectivity index (χ2v) is 2.87. The van der Waals surface area contributed by atoms with Crippen molar-refractivity contribution < 1.29 is 14.4 Å². The lowest BCUT2D eigenvalue weighted by Gasteiger charge is -1.97. The monoisotopic (exact) mass is 227 g/mol. The van der Waals surface area contributed by atoms with Gasteiger partial charge in [-0.05, 0) is 6.07 Å². The molecule has 0 unspecified atom stereocenters. The average Bonchev–Trinajstić information content (AvgIpc) is 2.18. The third-order valence-electron chi connectivity index (χ3n) is 1.66. The van der Waals surface area contributed by atoms with Crippen molar-refractivity contribution in [2.45, 2.75) is 19.9 Å². The molecule has 0 atom stereocenters. The van der Waals surface area contributed by atoms with Crippen molar-refractivity contribution in [1.82, 2.24) is 0 Å². The molecule has 0 aliphatic rings. The summed E-state index contributed by atoms with van der Waals surface area (Å²) in [7, 11) is 0. The Bertz CT molecular complexity index is 364. The van der Waals surface area contributed by atoms with E-state index in [0.717, 1.165) is 13.0 Å². The molecule has 16 heavy (non-hydrogen) atoms. The molecular formula is C9H13N3O4. The van der Waals surface area contributed by atoms with Gasteiger partial charge >= 0.3 is 5.91 Å². The molecule has 0 saturated carbocycles. The second kappa shape index (κ2) is 7.16. The Kier molecular flexibility index (Phi) is 6.18. The lowest BCUT2D eigenvalue weighted by Crippen LogP contribution is -2.41. The second-order valence-electron chi connectivity index (χ2n) is 2.87. The first-order valence-corrected chi connectivity index (χ1v) is 4.58. The van der Waals surface area contributed by atoms with Crippen LogP contribution in [0, 0.1) is 15.3 Å². The standard InChI is InChI=1S/C9H12N2O.NO3/c1-2-6-11-7-4-3-5-8(11)9(10)12;2-1(3)4/h3-5,7H,2,6H2,1H3,(H-,10,12);/q;-1/p+1. The van der Waals surface area contributed by atoms with E-state index >= 15 is 0 Å². The molecule has 1 amide bonds. The number of pyridine rings is 1. The van der Waals surface area contributed by atoms with Crippen LogP contribution in [0.4, 0.5) is 0 Å². The molecule has 7 heteroatoms. The van der Waals surface area contributed by atoms with Crippen LogP contribution in [-0.4, -0.2) is 11.0 Å². The Morgan fingerprint density at radius 3 is 2.50 bits per heavy atom. The van der Waals surface area contributed by atoms with Crippen molar-refractivity contribution in [2.75, 3.05) is 0 Å². The Hall–Kier alpha value is -2.18. The summed E-state index contributed by atoms with van der Waals surface area (Å²) in [6.45, 7) is 2.89. The zero-order chi connectivity index (χ0) is 12.6. The largest absolute Gasteiger partial charge is 0.360 e. The highest BCUT2D eigenvalue weighted by Crippen LogP contribution is 1.90. The lowest BCUT2D eigenvalue weighted by atomic mass is 10.3. The minimum Gasteiger partial charge on any atom is -0.360 e. The van der Waals surface area contributed by atoms with E-state index in [1.54, 1.807) is 6.07 Å². The SMILES string of the molecule is CCC[n+]1ccccc1C(N)=O.O=[N+]([O-])[O-]. The molecule has 0 bridgehead atoms. The zero-order valence-electron chi connectivity index (χ0n) is 8.83. The third kappa shape index (κ3) is 5.53. The molecule has 7 nitrogen and oxygen atoms in total. The summed E-state index contributed by atoms with van der Waals surface area (Å²) in [5, 5.41) is 14.8. The zero-order valence-corrected chi connectivity index (χ0v) is 8.83. The van der Waals surface area contributed by atoms with Crippen LogP contribution in [0.15, 0.2) is 24.4 Å². The van der Waals surface area contributed by atoms with E-state index in [1.165, 1.54) is 0 Å². The minimum atomic E-state index is -1.75. The summed E-state index contributed by atoms with van der Waals surface area (Å²) >= 11 is 0. The van der Waals surface area contributed by atoms with Crippen LogP contribution in [0.25, 0.3) is 0 Å². The smallest absolute Gasteiger partial charge is 0.313 e. The number of aryl methyl sites for hydroxylation is 1. The van der Waals surface area contributed by atoms with Crippen LogP contribution in [0.5, 0.6) is 0 Å². The third-order valence-corrected chi connectivity index (χ3v) is 1.66. The fraction of sp³-hybridized carbons (Fsp3) is 0.333. The normalized spacial score (nSPS) is 8.81. The number of carbonyl (C=O) groups is 1. The predicted molar refractivity (Wildman–Crippen MR) is 55.8 cm³/mol. The quantitative estimate of drug-likeness (QED) is 0.452. The summed E-state index contributed by atoms with van der Waals surface area (Å²) in [4.78, 5) is 19.1. The molecule has 0 spiro atoms. The molecule has 1 heterocycles. The number of carbonyl (C=O) groups excluding carboxylic acids is 1. The maximum Gasteiger partial charge on any atom is 0.313 e. The summed E-state index contributed by atoms with van der Waals surface area (Å²) in [5.74, 6) is -0.371. The molecule has 1 rings (SSSR count). The van der Waals surface area contributed by atoms with Crippen molar-refractivity contribution in [2.24, 2.45) is 5.73 Å². The number of rotatable bonds is 3. The minimum absolute atomic E-state index is 0.371. The van der Waals surface area contributed by atoms with Gasteiger partial charge in [0.15, 0.2) is 6.20 Å². The molecular weight excluding hydrogens is 214 g/mol. The molecule has 88 valence electrons. The van der Waals surface area contributed by atoms with Crippen molar-refractivity contribution in [3.8, 4) is 0 Å². The molecule has 1 aromatic rings. The molecule has 0 fully saturated rings. The van der Waals surface area contributed by atoms with Crippen LogP contribution in [0.2, 0.25) is 0 Å². The first-order chi connectivity index (χ1) is 7.49. The summed E-state index contributed by atoms with van der Waals surface area (Å²) in [6.07, 6.45) is 2.86. The highest BCUT2D eigenvalue weighted by atomic mass is 16.9. The van der Waals surface area contributed by atoms with E-state index in [1.807, 2.05) is 22.9 Å². The van der Waals surface area contributed by atoms with Gasteiger partial charge in [-0.15, -0.1) is 0 Å². The predicted octanol–water partition coefficient (Wildman–Crippen LogP) is 0.244. The van der Waals surface area contributed by atoms with Crippen molar-refractivity contribution in [1.29, 1.82) is 0 Å². The topological polar surface area (TPSA) is 113 Å². The number of amides is 1. The van der Waals surface area contributed by atoms with Crippen molar-refractivity contribution >= 4 is 5.91 Å². The van der Waals surface area contributed by atoms with E-state index in [0.29, 0.717) is 5.69 Å². The molecule has 0 aliphatic heterocycles. The summed E-state index contributed by atoms with van der Waals surface area (Å²) in [6, 6.07) is 5.44. The first-order valence-electron chi connectivity index (χ1n) is 4.58. The van der Waals surface area contributed by atoms with E-state index in [-0.39, 0.29) is 5.91 Å². The van der Waals surface area contributed by atoms with Gasteiger partial charge in [0.05, 0.1) is 5.09 Å². The van der Waals surface area contributed by atoms with Gasteiger partial charge in [-0.25, -0.2) is 0 Å². The van der Waals surface area contributed by atoms with Gasteiger partial charge in [-0.2, -0.15) is 4.57 Å². The van der Waals surface area contributed by atoms with Crippen LogP contribution >= 0.6 is 0 Å². The van der Waals surface area contributed by atoms with Gasteiger partial charge in [0.25, 0.3) is 5.69 Å². The van der Waals surface area contributed by atoms with Crippen molar-refractivity contribution in [3.05, 3.63) is 45.4 Å². The van der Waals surface area contributed by atoms with Gasteiger partial charge in [-0.1, -0.05) is 6.92 Å². The van der Waals surface area contributed by atoms with Gasteiger partial charge in [-0.3, -0.25) is 4.79 Å². The van der Waals surface area contributed by atoms with Gasteiger partial charge in [0.1, 0.15) is 6.54 Å². The molecule has 0 saturated heterocycles.